The zero-order valence-corrected chi connectivity index (χ0v) is 14.8. The van der Waals surface area contributed by atoms with Gasteiger partial charge in [0.05, 0.1) is 11.3 Å². The Labute approximate surface area is 150 Å². The fourth-order valence-electron chi connectivity index (χ4n) is 2.71. The average molecular weight is 349 g/mol. The van der Waals surface area contributed by atoms with Crippen LogP contribution < -0.4 is 16.6 Å². The van der Waals surface area contributed by atoms with Gasteiger partial charge in [-0.15, -0.1) is 0 Å². The Balaban J connectivity index is 2.17. The number of aryl methyl sites for hydroxylation is 2. The van der Waals surface area contributed by atoms with E-state index in [4.69, 9.17) is 5.73 Å². The van der Waals surface area contributed by atoms with Gasteiger partial charge in [0.2, 0.25) is 5.91 Å². The van der Waals surface area contributed by atoms with Crippen LogP contribution >= 0.6 is 0 Å². The number of hydrogen-bond donors (Lipinski definition) is 2. The highest BCUT2D eigenvalue weighted by molar-refractivity contribution is 5.88. The minimum Gasteiger partial charge on any atom is -0.399 e. The molecule has 0 radical (unpaired) electrons. The summed E-state index contributed by atoms with van der Waals surface area (Å²) in [6.07, 6.45) is 1.55. The smallest absolute Gasteiger partial charge is 0.274 e. The molecule has 1 aromatic carbocycles. The Hall–Kier alpha value is -3.48. The Morgan fingerprint density at radius 3 is 2.65 bits per heavy atom. The van der Waals surface area contributed by atoms with E-state index in [0.29, 0.717) is 28.3 Å². The number of nitrogen functional groups attached to an aromatic ring is 1. The quantitative estimate of drug-likeness (QED) is 0.707. The standard InChI is InChI=1S/C19H19N5O2/c1-11-4-5-14(20)9-15(11)17-10-16(19(26)24(3)23-17)13-6-7-21-18(8-13)22-12(2)25/h4-10H,20H2,1-3H3,(H,21,22,25). The van der Waals surface area contributed by atoms with Gasteiger partial charge in [-0.1, -0.05) is 6.07 Å². The number of aromatic nitrogens is 3. The highest BCUT2D eigenvalue weighted by Crippen LogP contribution is 2.26. The Morgan fingerprint density at radius 2 is 1.92 bits per heavy atom. The highest BCUT2D eigenvalue weighted by atomic mass is 16.1. The largest absolute Gasteiger partial charge is 0.399 e. The SMILES string of the molecule is CC(=O)Nc1cc(-c2cc(-c3cc(N)ccc3C)nn(C)c2=O)ccn1. The highest BCUT2D eigenvalue weighted by Gasteiger charge is 2.13. The van der Waals surface area contributed by atoms with Crippen molar-refractivity contribution in [3.63, 3.8) is 0 Å². The molecule has 0 aliphatic carbocycles. The molecule has 3 rings (SSSR count). The van der Waals surface area contributed by atoms with E-state index < -0.39 is 0 Å². The molecule has 26 heavy (non-hydrogen) atoms. The zero-order valence-electron chi connectivity index (χ0n) is 14.8. The molecule has 0 aliphatic rings. The molecule has 7 nitrogen and oxygen atoms in total. The maximum Gasteiger partial charge on any atom is 0.274 e. The van der Waals surface area contributed by atoms with Crippen LogP contribution in [0.2, 0.25) is 0 Å². The second-order valence-electron chi connectivity index (χ2n) is 6.06. The van der Waals surface area contributed by atoms with Crippen LogP contribution in [0.1, 0.15) is 12.5 Å². The van der Waals surface area contributed by atoms with E-state index in [1.807, 2.05) is 25.1 Å². The third-order valence-electron chi connectivity index (χ3n) is 3.98. The van der Waals surface area contributed by atoms with Gasteiger partial charge in [-0.25, -0.2) is 9.67 Å². The molecule has 0 spiro atoms. The first-order chi connectivity index (χ1) is 12.3. The minimum absolute atomic E-state index is 0.228. The van der Waals surface area contributed by atoms with Gasteiger partial charge in [0.25, 0.3) is 5.56 Å². The average Bonchev–Trinajstić information content (AvgIpc) is 2.59. The number of nitrogens with zero attached hydrogens (tertiary/aromatic N) is 3. The second kappa shape index (κ2) is 6.79. The minimum atomic E-state index is -0.240. The monoisotopic (exact) mass is 349 g/mol. The predicted octanol–water partition coefficient (Wildman–Crippen LogP) is 2.36. The van der Waals surface area contributed by atoms with Crippen molar-refractivity contribution < 1.29 is 4.79 Å². The third kappa shape index (κ3) is 3.46. The molecular weight excluding hydrogens is 330 g/mol. The molecule has 1 amide bonds. The number of rotatable bonds is 3. The van der Waals surface area contributed by atoms with Gasteiger partial charge in [0.1, 0.15) is 5.82 Å². The summed E-state index contributed by atoms with van der Waals surface area (Å²) < 4.78 is 1.30. The summed E-state index contributed by atoms with van der Waals surface area (Å²) in [6, 6.07) is 10.7. The maximum absolute atomic E-state index is 12.6. The number of pyridine rings is 1. The van der Waals surface area contributed by atoms with Gasteiger partial charge >= 0.3 is 0 Å². The molecule has 7 heteroatoms. The summed E-state index contributed by atoms with van der Waals surface area (Å²) in [7, 11) is 1.60. The molecule has 0 fully saturated rings. The molecule has 0 saturated heterocycles. The molecule has 3 aromatic rings. The van der Waals surface area contributed by atoms with E-state index in [9.17, 15) is 9.59 Å². The number of carbonyl (C=O) groups excluding carboxylic acids is 1. The summed E-state index contributed by atoms with van der Waals surface area (Å²) in [5.74, 6) is 0.156. The first-order valence-corrected chi connectivity index (χ1v) is 8.04. The molecule has 0 bridgehead atoms. The lowest BCUT2D eigenvalue weighted by Gasteiger charge is -2.11. The first kappa shape index (κ1) is 17.3. The maximum atomic E-state index is 12.6. The number of amides is 1. The van der Waals surface area contributed by atoms with Crippen molar-refractivity contribution in [2.45, 2.75) is 13.8 Å². The lowest BCUT2D eigenvalue weighted by atomic mass is 10.0. The Morgan fingerprint density at radius 1 is 1.15 bits per heavy atom. The van der Waals surface area contributed by atoms with Crippen molar-refractivity contribution in [3.05, 3.63) is 58.5 Å². The van der Waals surface area contributed by atoms with E-state index in [0.717, 1.165) is 11.1 Å². The zero-order chi connectivity index (χ0) is 18.8. The second-order valence-corrected chi connectivity index (χ2v) is 6.06. The van der Waals surface area contributed by atoms with E-state index in [1.54, 1.807) is 31.4 Å². The molecular formula is C19H19N5O2. The van der Waals surface area contributed by atoms with Crippen LogP contribution in [-0.4, -0.2) is 20.7 Å². The molecule has 2 aromatic heterocycles. The van der Waals surface area contributed by atoms with Gasteiger partial charge < -0.3 is 11.1 Å². The number of benzene rings is 1. The lowest BCUT2D eigenvalue weighted by Crippen LogP contribution is -2.22. The molecule has 0 atom stereocenters. The summed E-state index contributed by atoms with van der Waals surface area (Å²) in [5, 5.41) is 6.99. The van der Waals surface area contributed by atoms with Crippen molar-refractivity contribution in [3.8, 4) is 22.4 Å². The number of nitrogens with one attached hydrogen (secondary N) is 1. The molecule has 2 heterocycles. The van der Waals surface area contributed by atoms with Crippen LogP contribution in [0.3, 0.4) is 0 Å². The Bertz CT molecular complexity index is 1060. The van der Waals surface area contributed by atoms with E-state index >= 15 is 0 Å². The summed E-state index contributed by atoms with van der Waals surface area (Å²) in [4.78, 5) is 27.9. The van der Waals surface area contributed by atoms with Crippen molar-refractivity contribution in [1.82, 2.24) is 14.8 Å². The normalized spacial score (nSPS) is 10.6. The molecule has 132 valence electrons. The van der Waals surface area contributed by atoms with Gasteiger partial charge in [-0.3, -0.25) is 9.59 Å². The van der Waals surface area contributed by atoms with Crippen molar-refractivity contribution in [2.75, 3.05) is 11.1 Å². The van der Waals surface area contributed by atoms with E-state index in [2.05, 4.69) is 15.4 Å². The number of nitrogens with two attached hydrogens (primary N) is 1. The van der Waals surface area contributed by atoms with Crippen molar-refractivity contribution >= 4 is 17.4 Å². The molecule has 0 aliphatic heterocycles. The molecule has 0 saturated carbocycles. The fourth-order valence-corrected chi connectivity index (χ4v) is 2.71. The van der Waals surface area contributed by atoms with Crippen molar-refractivity contribution in [2.24, 2.45) is 7.05 Å². The van der Waals surface area contributed by atoms with E-state index in [-0.39, 0.29) is 11.5 Å². The summed E-state index contributed by atoms with van der Waals surface area (Å²) in [6.45, 7) is 3.36. The number of hydrogen-bond acceptors (Lipinski definition) is 5. The van der Waals surface area contributed by atoms with Crippen LogP contribution in [0.4, 0.5) is 11.5 Å². The Kier molecular flexibility index (Phi) is 4.53. The summed E-state index contributed by atoms with van der Waals surface area (Å²) in [5.41, 5.74) is 9.91. The molecule has 0 unspecified atom stereocenters. The van der Waals surface area contributed by atoms with Crippen LogP contribution in [0.15, 0.2) is 47.4 Å². The van der Waals surface area contributed by atoms with Crippen molar-refractivity contribution in [1.29, 1.82) is 0 Å². The lowest BCUT2D eigenvalue weighted by molar-refractivity contribution is -0.114. The van der Waals surface area contributed by atoms with Gasteiger partial charge in [-0.2, -0.15) is 5.10 Å². The van der Waals surface area contributed by atoms with Gasteiger partial charge in [0, 0.05) is 31.4 Å². The van der Waals surface area contributed by atoms with Crippen LogP contribution in [0.25, 0.3) is 22.4 Å². The summed E-state index contributed by atoms with van der Waals surface area (Å²) >= 11 is 0. The van der Waals surface area contributed by atoms with E-state index in [1.165, 1.54) is 11.6 Å². The number of anilines is 2. The number of carbonyl (C=O) groups is 1. The topological polar surface area (TPSA) is 103 Å². The van der Waals surface area contributed by atoms with Crippen LogP contribution in [0, 0.1) is 6.92 Å². The van der Waals surface area contributed by atoms with Crippen LogP contribution in [-0.2, 0) is 11.8 Å². The fraction of sp³-hybridized carbons (Fsp3) is 0.158. The first-order valence-electron chi connectivity index (χ1n) is 8.04. The molecule has 3 N–H and O–H groups in total. The third-order valence-corrected chi connectivity index (χ3v) is 3.98. The van der Waals surface area contributed by atoms with Gasteiger partial charge in [0.15, 0.2) is 0 Å². The predicted molar refractivity (Wildman–Crippen MR) is 102 cm³/mol. The van der Waals surface area contributed by atoms with Gasteiger partial charge in [-0.05, 0) is 48.4 Å². The van der Waals surface area contributed by atoms with Crippen LogP contribution in [0.5, 0.6) is 0 Å².